The van der Waals surface area contributed by atoms with E-state index in [-0.39, 0.29) is 5.41 Å². The van der Waals surface area contributed by atoms with Crippen molar-refractivity contribution < 1.29 is 14.2 Å². The van der Waals surface area contributed by atoms with Gasteiger partial charge in [-0.15, -0.1) is 0 Å². The molecule has 48 heavy (non-hydrogen) atoms. The average Bonchev–Trinajstić information content (AvgIpc) is 3.44. The van der Waals surface area contributed by atoms with Gasteiger partial charge in [0.2, 0.25) is 0 Å². The Balaban J connectivity index is 1.30. The molecule has 0 radical (unpaired) electrons. The number of ether oxygens (including phenoxy) is 3. The van der Waals surface area contributed by atoms with Crippen LogP contribution >= 0.6 is 0 Å². The molecule has 2 aliphatic carbocycles. The maximum atomic E-state index is 7.60. The summed E-state index contributed by atoms with van der Waals surface area (Å²) in [7, 11) is 3.36. The predicted octanol–water partition coefficient (Wildman–Crippen LogP) is 11.1. The van der Waals surface area contributed by atoms with E-state index in [4.69, 9.17) is 14.2 Å². The van der Waals surface area contributed by atoms with Gasteiger partial charge in [0.1, 0.15) is 5.75 Å². The molecule has 1 unspecified atom stereocenters. The predicted molar refractivity (Wildman–Crippen MR) is 195 cm³/mol. The number of hydrogen-bond acceptors (Lipinski definition) is 3. The molecule has 3 aliphatic rings. The van der Waals surface area contributed by atoms with Crippen LogP contribution in [0, 0.1) is 0 Å². The van der Waals surface area contributed by atoms with Crippen LogP contribution in [0.2, 0.25) is 0 Å². The van der Waals surface area contributed by atoms with Crippen LogP contribution in [0.5, 0.6) is 17.2 Å². The molecule has 6 aromatic carbocycles. The van der Waals surface area contributed by atoms with Crippen molar-refractivity contribution in [2.75, 3.05) is 14.2 Å². The summed E-state index contributed by atoms with van der Waals surface area (Å²) in [6.07, 6.45) is 10.8. The number of rotatable bonds is 5. The summed E-state index contributed by atoms with van der Waals surface area (Å²) in [4.78, 5) is 0. The Morgan fingerprint density at radius 1 is 0.604 bits per heavy atom. The lowest BCUT2D eigenvalue weighted by atomic mass is 9.66. The molecular weight excluding hydrogens is 588 g/mol. The minimum absolute atomic E-state index is 0.00729. The summed E-state index contributed by atoms with van der Waals surface area (Å²) in [5, 5.41) is 2.40. The Morgan fingerprint density at radius 2 is 1.27 bits per heavy atom. The van der Waals surface area contributed by atoms with E-state index in [0.717, 1.165) is 35.1 Å². The third-order valence-electron chi connectivity index (χ3n) is 11.1. The lowest BCUT2D eigenvalue weighted by molar-refractivity contribution is 0.162. The molecule has 0 amide bonds. The van der Waals surface area contributed by atoms with Crippen LogP contribution in [0.3, 0.4) is 0 Å². The van der Waals surface area contributed by atoms with Crippen molar-refractivity contribution in [3.63, 3.8) is 0 Å². The monoisotopic (exact) mass is 626 g/mol. The highest BCUT2D eigenvalue weighted by Crippen LogP contribution is 2.62. The molecule has 1 fully saturated rings. The molecule has 0 aromatic heterocycles. The summed E-state index contributed by atoms with van der Waals surface area (Å²) >= 11 is 0. The second-order valence-corrected chi connectivity index (χ2v) is 13.4. The van der Waals surface area contributed by atoms with Crippen LogP contribution in [0.4, 0.5) is 0 Å². The maximum absolute atomic E-state index is 7.60. The molecule has 1 spiro atoms. The Hall–Kier alpha value is -5.28. The highest BCUT2D eigenvalue weighted by molar-refractivity contribution is 6.08. The van der Waals surface area contributed by atoms with Gasteiger partial charge in [-0.2, -0.15) is 0 Å². The highest BCUT2D eigenvalue weighted by Gasteiger charge is 2.48. The van der Waals surface area contributed by atoms with E-state index in [2.05, 4.69) is 127 Å². The van der Waals surface area contributed by atoms with Crippen molar-refractivity contribution in [1.82, 2.24) is 0 Å². The number of hydrogen-bond donors (Lipinski definition) is 0. The second kappa shape index (κ2) is 11.2. The molecule has 1 aliphatic heterocycles. The van der Waals surface area contributed by atoms with Gasteiger partial charge in [0.15, 0.2) is 17.1 Å². The average molecular weight is 627 g/mol. The van der Waals surface area contributed by atoms with Crippen LogP contribution < -0.4 is 14.2 Å². The van der Waals surface area contributed by atoms with Crippen molar-refractivity contribution in [1.29, 1.82) is 0 Å². The number of fused-ring (bicyclic) bond motifs is 10. The fourth-order valence-corrected chi connectivity index (χ4v) is 8.88. The third kappa shape index (κ3) is 4.13. The van der Waals surface area contributed by atoms with Gasteiger partial charge >= 0.3 is 0 Å². The van der Waals surface area contributed by atoms with Gasteiger partial charge < -0.3 is 14.2 Å². The Labute approximate surface area is 282 Å². The molecule has 1 atom stereocenters. The van der Waals surface area contributed by atoms with Crippen molar-refractivity contribution in [2.45, 2.75) is 43.1 Å². The molecule has 236 valence electrons. The lowest BCUT2D eigenvalue weighted by Gasteiger charge is -2.41. The molecule has 0 saturated heterocycles. The zero-order chi connectivity index (χ0) is 32.3. The first-order chi connectivity index (χ1) is 23.7. The zero-order valence-corrected chi connectivity index (χ0v) is 27.5. The molecular formula is C45H38O3. The van der Waals surface area contributed by atoms with E-state index in [0.29, 0.717) is 11.5 Å². The van der Waals surface area contributed by atoms with Gasteiger partial charge in [-0.1, -0.05) is 135 Å². The molecule has 1 saturated carbocycles. The van der Waals surface area contributed by atoms with E-state index in [1.807, 2.05) is 6.07 Å². The van der Waals surface area contributed by atoms with Crippen LogP contribution in [0.25, 0.3) is 39.1 Å². The summed E-state index contributed by atoms with van der Waals surface area (Å²) < 4.78 is 19.1. The van der Waals surface area contributed by atoms with Crippen molar-refractivity contribution in [3.05, 3.63) is 155 Å². The van der Waals surface area contributed by atoms with Gasteiger partial charge in [-0.05, 0) is 69.8 Å². The van der Waals surface area contributed by atoms with E-state index in [1.165, 1.54) is 63.6 Å². The third-order valence-corrected chi connectivity index (χ3v) is 11.1. The lowest BCUT2D eigenvalue weighted by Crippen LogP contribution is -2.35. The quantitative estimate of drug-likeness (QED) is 0.191. The van der Waals surface area contributed by atoms with E-state index >= 15 is 0 Å². The van der Waals surface area contributed by atoms with Gasteiger partial charge in [0.25, 0.3) is 0 Å². The minimum atomic E-state index is -0.899. The highest BCUT2D eigenvalue weighted by atomic mass is 16.5. The second-order valence-electron chi connectivity index (χ2n) is 13.4. The first kappa shape index (κ1) is 28.9. The standard InChI is InChI=1S/C45H38O3/c1-46-39-24-23-33(29-40(39)47-2)45(32-21-19-31(20-22-32)30-13-5-3-6-14-30)28-25-37-42-41(34-15-7-8-16-35(34)43(37)48-45)36-17-9-10-18-38(36)44(42)26-11-4-12-27-44/h3,5-10,13-25,28-29H,4,11-12,26-27H2,1-2H3. The number of methoxy groups -OCH3 is 2. The number of benzene rings is 6. The summed E-state index contributed by atoms with van der Waals surface area (Å²) in [5.74, 6) is 2.32. The normalized spacial score (nSPS) is 18.5. The van der Waals surface area contributed by atoms with Crippen LogP contribution in [-0.4, -0.2) is 14.2 Å². The summed E-state index contributed by atoms with van der Waals surface area (Å²) in [6.45, 7) is 0. The SMILES string of the molecule is COc1ccc(C2(c3ccc(-c4ccccc4)cc3)C=Cc3c4c(c5ccccc5c3O2)-c2ccccc2C42CCCCC2)cc1OC. The molecule has 0 N–H and O–H groups in total. The van der Waals surface area contributed by atoms with Gasteiger partial charge in [-0.25, -0.2) is 0 Å². The molecule has 3 heteroatoms. The van der Waals surface area contributed by atoms with E-state index < -0.39 is 5.60 Å². The zero-order valence-electron chi connectivity index (χ0n) is 27.5. The van der Waals surface area contributed by atoms with Crippen LogP contribution in [-0.2, 0) is 11.0 Å². The van der Waals surface area contributed by atoms with E-state index in [9.17, 15) is 0 Å². The molecule has 1 heterocycles. The molecule has 6 aromatic rings. The largest absolute Gasteiger partial charge is 0.493 e. The fraction of sp³-hybridized carbons (Fsp3) is 0.200. The fourth-order valence-electron chi connectivity index (χ4n) is 8.88. The maximum Gasteiger partial charge on any atom is 0.178 e. The van der Waals surface area contributed by atoms with Gasteiger partial charge in [0.05, 0.1) is 14.2 Å². The Bertz CT molecular complexity index is 2210. The summed E-state index contributed by atoms with van der Waals surface area (Å²) in [5.41, 5.74) is 10.4. The Morgan fingerprint density at radius 3 is 2.04 bits per heavy atom. The smallest absolute Gasteiger partial charge is 0.178 e. The van der Waals surface area contributed by atoms with Crippen LogP contribution in [0.15, 0.2) is 127 Å². The van der Waals surface area contributed by atoms with Gasteiger partial charge in [-0.3, -0.25) is 0 Å². The van der Waals surface area contributed by atoms with E-state index in [1.54, 1.807) is 14.2 Å². The van der Waals surface area contributed by atoms with Crippen molar-refractivity contribution >= 4 is 16.8 Å². The minimum Gasteiger partial charge on any atom is -0.493 e. The topological polar surface area (TPSA) is 27.7 Å². The Kier molecular flexibility index (Phi) is 6.72. The first-order valence-electron chi connectivity index (χ1n) is 17.1. The molecule has 3 nitrogen and oxygen atoms in total. The van der Waals surface area contributed by atoms with Crippen LogP contribution in [0.1, 0.15) is 59.9 Å². The summed E-state index contributed by atoms with van der Waals surface area (Å²) in [6, 6.07) is 43.5. The van der Waals surface area contributed by atoms with Gasteiger partial charge in [0, 0.05) is 27.5 Å². The molecule has 9 rings (SSSR count). The molecule has 0 bridgehead atoms. The first-order valence-corrected chi connectivity index (χ1v) is 17.1. The van der Waals surface area contributed by atoms with Crippen molar-refractivity contribution in [2.24, 2.45) is 0 Å². The van der Waals surface area contributed by atoms with Crippen molar-refractivity contribution in [3.8, 4) is 39.5 Å².